The highest BCUT2D eigenvalue weighted by Crippen LogP contribution is 2.46. The van der Waals surface area contributed by atoms with Gasteiger partial charge in [0.25, 0.3) is 12.0 Å². The second kappa shape index (κ2) is 10.7. The highest BCUT2D eigenvalue weighted by Gasteiger charge is 2.62. The van der Waals surface area contributed by atoms with Crippen molar-refractivity contribution in [3.05, 3.63) is 68.3 Å². The van der Waals surface area contributed by atoms with Crippen LogP contribution in [-0.4, -0.2) is 39.1 Å². The molecule has 0 fully saturated rings. The molecule has 0 bridgehead atoms. The number of halogens is 7. The van der Waals surface area contributed by atoms with E-state index in [2.05, 4.69) is 15.0 Å². The molecule has 3 aromatic rings. The first-order valence-electron chi connectivity index (χ1n) is 10.6. The SMILES string of the molecule is COc1nc(C)nc(C=O)c1Cn1cnc(C(F)(F)C(F)(F)F)c(Oc2cc(C(F)F)cc(C#N)c2C)c1=O. The molecule has 0 aliphatic heterocycles. The number of alkyl halides is 7. The van der Waals surface area contributed by atoms with E-state index in [-0.39, 0.29) is 34.8 Å². The first-order valence-corrected chi connectivity index (χ1v) is 10.6. The molecule has 3 rings (SSSR count). The molecule has 0 atom stereocenters. The van der Waals surface area contributed by atoms with Crippen LogP contribution in [0.1, 0.15) is 50.7 Å². The van der Waals surface area contributed by atoms with Crippen LogP contribution in [-0.2, 0) is 12.5 Å². The summed E-state index contributed by atoms with van der Waals surface area (Å²) in [6.07, 6.45) is -8.79. The van der Waals surface area contributed by atoms with Gasteiger partial charge in [-0.15, -0.1) is 0 Å². The summed E-state index contributed by atoms with van der Waals surface area (Å²) in [7, 11) is 1.16. The van der Waals surface area contributed by atoms with E-state index in [9.17, 15) is 45.6 Å². The summed E-state index contributed by atoms with van der Waals surface area (Å²) >= 11 is 0. The van der Waals surface area contributed by atoms with E-state index in [0.717, 1.165) is 20.1 Å². The van der Waals surface area contributed by atoms with Gasteiger partial charge in [0.15, 0.2) is 12.0 Å². The lowest BCUT2D eigenvalue weighted by Crippen LogP contribution is -2.37. The van der Waals surface area contributed by atoms with Gasteiger partial charge in [-0.2, -0.15) is 32.2 Å². The van der Waals surface area contributed by atoms with E-state index in [1.165, 1.54) is 6.92 Å². The standard InChI is InChI=1S/C23H16F7N5O4/c1-10-13(6-31)4-12(19(24)25)5-16(10)39-17-18(22(26,27)23(28,29)30)32-9-35(21(17)37)7-14-15(8-36)33-11(2)34-20(14)38-3/h4-5,8-9,19H,7H2,1-3H3. The first kappa shape index (κ1) is 29.0. The van der Waals surface area contributed by atoms with Crippen molar-refractivity contribution in [1.82, 2.24) is 19.5 Å². The van der Waals surface area contributed by atoms with Crippen LogP contribution < -0.4 is 15.0 Å². The zero-order valence-electron chi connectivity index (χ0n) is 20.1. The Balaban J connectivity index is 2.30. The number of hydrogen-bond donors (Lipinski definition) is 0. The molecule has 0 aliphatic rings. The molecule has 0 spiro atoms. The van der Waals surface area contributed by atoms with Crippen LogP contribution >= 0.6 is 0 Å². The molecule has 2 aromatic heterocycles. The second-order valence-electron chi connectivity index (χ2n) is 7.90. The smallest absolute Gasteiger partial charge is 0.459 e. The van der Waals surface area contributed by atoms with Gasteiger partial charge in [-0.25, -0.2) is 18.7 Å². The number of aldehydes is 1. The van der Waals surface area contributed by atoms with Crippen LogP contribution in [0.3, 0.4) is 0 Å². The number of carbonyl (C=O) groups excluding carboxylic acids is 1. The quantitative estimate of drug-likeness (QED) is 0.286. The van der Waals surface area contributed by atoms with E-state index in [1.807, 2.05) is 0 Å². The summed E-state index contributed by atoms with van der Waals surface area (Å²) in [6.45, 7) is 1.86. The van der Waals surface area contributed by atoms with Gasteiger partial charge < -0.3 is 9.47 Å². The van der Waals surface area contributed by atoms with Crippen LogP contribution in [0.15, 0.2) is 23.3 Å². The lowest BCUT2D eigenvalue weighted by atomic mass is 10.0. The van der Waals surface area contributed by atoms with E-state index in [1.54, 1.807) is 6.07 Å². The Kier molecular flexibility index (Phi) is 7.94. The van der Waals surface area contributed by atoms with E-state index < -0.39 is 58.9 Å². The fourth-order valence-electron chi connectivity index (χ4n) is 3.38. The number of aryl methyl sites for hydroxylation is 1. The van der Waals surface area contributed by atoms with E-state index in [0.29, 0.717) is 17.0 Å². The number of rotatable bonds is 8. The maximum atomic E-state index is 14.4. The Morgan fingerprint density at radius 1 is 1.15 bits per heavy atom. The van der Waals surface area contributed by atoms with Crippen molar-refractivity contribution < 1.29 is 45.0 Å². The molecule has 0 amide bonds. The number of carbonyl (C=O) groups is 1. The molecule has 0 aliphatic carbocycles. The monoisotopic (exact) mass is 559 g/mol. The molecule has 39 heavy (non-hydrogen) atoms. The number of hydrogen-bond acceptors (Lipinski definition) is 8. The van der Waals surface area contributed by atoms with Crippen LogP contribution in [0, 0.1) is 25.2 Å². The van der Waals surface area contributed by atoms with Crippen LogP contribution in [0.4, 0.5) is 30.7 Å². The third-order valence-electron chi connectivity index (χ3n) is 5.36. The number of methoxy groups -OCH3 is 1. The van der Waals surface area contributed by atoms with Crippen molar-refractivity contribution in [3.63, 3.8) is 0 Å². The summed E-state index contributed by atoms with van der Waals surface area (Å²) in [4.78, 5) is 35.7. The largest absolute Gasteiger partial charge is 0.481 e. The summed E-state index contributed by atoms with van der Waals surface area (Å²) in [6, 6.07) is 2.93. The number of nitrogens with zero attached hydrogens (tertiary/aromatic N) is 5. The molecular weight excluding hydrogens is 543 g/mol. The molecule has 0 unspecified atom stereocenters. The molecule has 0 saturated heterocycles. The molecule has 0 N–H and O–H groups in total. The lowest BCUT2D eigenvalue weighted by Gasteiger charge is -2.22. The summed E-state index contributed by atoms with van der Waals surface area (Å²) in [5.41, 5.74) is -5.65. The Hall–Kier alpha value is -4.55. The summed E-state index contributed by atoms with van der Waals surface area (Å²) < 4.78 is 106. The first-order chi connectivity index (χ1) is 18.2. The second-order valence-corrected chi connectivity index (χ2v) is 7.90. The Bertz CT molecular complexity index is 1530. The Morgan fingerprint density at radius 2 is 1.82 bits per heavy atom. The topological polar surface area (TPSA) is 120 Å². The number of aromatic nitrogens is 4. The number of nitriles is 1. The fourth-order valence-corrected chi connectivity index (χ4v) is 3.38. The predicted octanol–water partition coefficient (Wildman–Crippen LogP) is 4.78. The third-order valence-corrected chi connectivity index (χ3v) is 5.36. The van der Waals surface area contributed by atoms with Crippen molar-refractivity contribution in [1.29, 1.82) is 5.26 Å². The maximum absolute atomic E-state index is 14.4. The minimum atomic E-state index is -6.23. The van der Waals surface area contributed by atoms with Crippen molar-refractivity contribution >= 4 is 6.29 Å². The minimum Gasteiger partial charge on any atom is -0.481 e. The predicted molar refractivity (Wildman–Crippen MR) is 117 cm³/mol. The Morgan fingerprint density at radius 3 is 2.36 bits per heavy atom. The van der Waals surface area contributed by atoms with E-state index >= 15 is 0 Å². The number of benzene rings is 1. The van der Waals surface area contributed by atoms with Crippen molar-refractivity contribution in [2.75, 3.05) is 7.11 Å². The fraction of sp³-hybridized carbons (Fsp3) is 0.304. The molecule has 2 heterocycles. The molecule has 16 heteroatoms. The molecular formula is C23H16F7N5O4. The van der Waals surface area contributed by atoms with Gasteiger partial charge in [0.2, 0.25) is 11.6 Å². The zero-order valence-corrected chi connectivity index (χ0v) is 20.1. The van der Waals surface area contributed by atoms with Crippen molar-refractivity contribution in [3.8, 4) is 23.4 Å². The highest BCUT2D eigenvalue weighted by atomic mass is 19.4. The maximum Gasteiger partial charge on any atom is 0.459 e. The van der Waals surface area contributed by atoms with Crippen LogP contribution in [0.2, 0.25) is 0 Å². The minimum absolute atomic E-state index is 0.0926. The van der Waals surface area contributed by atoms with Gasteiger partial charge in [-0.1, -0.05) is 0 Å². The molecule has 0 radical (unpaired) electrons. The molecule has 9 nitrogen and oxygen atoms in total. The average molecular weight is 559 g/mol. The van der Waals surface area contributed by atoms with Crippen molar-refractivity contribution in [2.24, 2.45) is 0 Å². The summed E-state index contributed by atoms with van der Waals surface area (Å²) in [5.74, 6) is -8.24. The van der Waals surface area contributed by atoms with Gasteiger partial charge in [0.1, 0.15) is 17.3 Å². The lowest BCUT2D eigenvalue weighted by molar-refractivity contribution is -0.291. The van der Waals surface area contributed by atoms with Gasteiger partial charge in [0.05, 0.1) is 37.2 Å². The molecule has 0 saturated carbocycles. The average Bonchev–Trinajstić information content (AvgIpc) is 2.86. The molecule has 1 aromatic carbocycles. The number of ether oxygens (including phenoxy) is 2. The van der Waals surface area contributed by atoms with Gasteiger partial charge in [0, 0.05) is 11.1 Å². The molecule has 206 valence electrons. The van der Waals surface area contributed by atoms with Gasteiger partial charge in [-0.05, 0) is 26.0 Å². The van der Waals surface area contributed by atoms with Crippen LogP contribution in [0.5, 0.6) is 17.4 Å². The normalized spacial score (nSPS) is 11.8. The van der Waals surface area contributed by atoms with Gasteiger partial charge in [-0.3, -0.25) is 14.2 Å². The zero-order chi connectivity index (χ0) is 29.3. The highest BCUT2D eigenvalue weighted by molar-refractivity contribution is 5.75. The summed E-state index contributed by atoms with van der Waals surface area (Å²) in [5, 5.41) is 9.24. The Labute approximate surface area is 214 Å². The van der Waals surface area contributed by atoms with Crippen LogP contribution in [0.25, 0.3) is 0 Å². The van der Waals surface area contributed by atoms with Gasteiger partial charge >= 0.3 is 12.1 Å². The third kappa shape index (κ3) is 5.52. The van der Waals surface area contributed by atoms with Crippen molar-refractivity contribution in [2.45, 2.75) is 38.9 Å². The van der Waals surface area contributed by atoms with E-state index in [4.69, 9.17) is 9.47 Å².